The number of nitrogens with one attached hydrogen (secondary N) is 1. The zero-order chi connectivity index (χ0) is 17.8. The van der Waals surface area contributed by atoms with Crippen molar-refractivity contribution in [3.63, 3.8) is 0 Å². The van der Waals surface area contributed by atoms with E-state index in [1.54, 1.807) is 6.33 Å². The lowest BCUT2D eigenvalue weighted by Crippen LogP contribution is -2.30. The molecule has 1 amide bonds. The summed E-state index contributed by atoms with van der Waals surface area (Å²) in [5.41, 5.74) is 0.852. The maximum absolute atomic E-state index is 12.1. The number of hydrogen-bond donors (Lipinski definition) is 1. The minimum absolute atomic E-state index is 0.164. The fourth-order valence-corrected chi connectivity index (χ4v) is 4.25. The minimum atomic E-state index is 0.164. The Labute approximate surface area is 154 Å². The normalized spacial score (nSPS) is 18.5. The zero-order valence-corrected chi connectivity index (χ0v) is 15.4. The molecule has 1 saturated carbocycles. The second-order valence-corrected chi connectivity index (χ2v) is 7.55. The van der Waals surface area contributed by atoms with E-state index in [1.807, 2.05) is 10.9 Å². The van der Waals surface area contributed by atoms with E-state index in [2.05, 4.69) is 25.3 Å². The molecule has 7 heteroatoms. The highest BCUT2D eigenvalue weighted by Crippen LogP contribution is 2.27. The third-order valence-corrected chi connectivity index (χ3v) is 5.66. The topological polar surface area (TPSA) is 75.9 Å². The molecular formula is C19H28N6O. The fourth-order valence-electron chi connectivity index (χ4n) is 4.25. The van der Waals surface area contributed by atoms with E-state index in [-0.39, 0.29) is 5.91 Å². The highest BCUT2D eigenvalue weighted by atomic mass is 16.1. The lowest BCUT2D eigenvalue weighted by molar-refractivity contribution is -0.122. The Bertz CT molecular complexity index is 746. The molecule has 1 aliphatic heterocycles. The minimum Gasteiger partial charge on any atom is -0.356 e. The number of amides is 1. The van der Waals surface area contributed by atoms with Crippen LogP contribution < -0.4 is 10.2 Å². The average molecular weight is 356 g/mol. The molecule has 2 fully saturated rings. The van der Waals surface area contributed by atoms with Crippen LogP contribution in [-0.2, 0) is 11.3 Å². The summed E-state index contributed by atoms with van der Waals surface area (Å²) in [6.07, 6.45) is 12.8. The van der Waals surface area contributed by atoms with Crippen molar-refractivity contribution < 1.29 is 4.79 Å². The van der Waals surface area contributed by atoms with Crippen molar-refractivity contribution in [3.05, 3.63) is 12.5 Å². The molecule has 140 valence electrons. The molecule has 7 nitrogen and oxygen atoms in total. The summed E-state index contributed by atoms with van der Waals surface area (Å²) in [6.45, 7) is 3.32. The van der Waals surface area contributed by atoms with E-state index in [1.165, 1.54) is 44.9 Å². The molecule has 4 rings (SSSR count). The van der Waals surface area contributed by atoms with Gasteiger partial charge in [-0.25, -0.2) is 14.6 Å². The van der Waals surface area contributed by atoms with Crippen molar-refractivity contribution in [3.8, 4) is 0 Å². The number of fused-ring (bicyclic) bond motifs is 1. The van der Waals surface area contributed by atoms with Gasteiger partial charge in [-0.15, -0.1) is 0 Å². The predicted molar refractivity (Wildman–Crippen MR) is 101 cm³/mol. The Hall–Kier alpha value is -2.18. The van der Waals surface area contributed by atoms with Gasteiger partial charge in [-0.1, -0.05) is 12.8 Å². The van der Waals surface area contributed by atoms with Crippen LogP contribution in [0.25, 0.3) is 11.0 Å². The Balaban J connectivity index is 1.37. The van der Waals surface area contributed by atoms with E-state index in [0.29, 0.717) is 25.4 Å². The summed E-state index contributed by atoms with van der Waals surface area (Å²) in [5.74, 6) is 1.74. The lowest BCUT2D eigenvalue weighted by Gasteiger charge is -2.27. The largest absolute Gasteiger partial charge is 0.356 e. The Morgan fingerprint density at radius 2 is 1.92 bits per heavy atom. The van der Waals surface area contributed by atoms with Crippen molar-refractivity contribution in [2.45, 2.75) is 57.9 Å². The van der Waals surface area contributed by atoms with Crippen LogP contribution in [0.2, 0.25) is 0 Å². The fraction of sp³-hybridized carbons (Fsp3) is 0.684. The van der Waals surface area contributed by atoms with E-state index >= 15 is 0 Å². The smallest absolute Gasteiger partial charge is 0.220 e. The van der Waals surface area contributed by atoms with Gasteiger partial charge in [0.15, 0.2) is 5.65 Å². The van der Waals surface area contributed by atoms with E-state index < -0.39 is 0 Å². The molecule has 0 spiro atoms. The number of rotatable bonds is 6. The molecule has 1 N–H and O–H groups in total. The summed E-state index contributed by atoms with van der Waals surface area (Å²) in [7, 11) is 0. The SMILES string of the molecule is O=C(CC1CCCC1)NCCn1ncc2c(N3CCCCC3)ncnc21. The third kappa shape index (κ3) is 3.81. The molecular weight excluding hydrogens is 328 g/mol. The van der Waals surface area contributed by atoms with Gasteiger partial charge in [-0.05, 0) is 38.0 Å². The monoisotopic (exact) mass is 356 g/mol. The van der Waals surface area contributed by atoms with Gasteiger partial charge >= 0.3 is 0 Å². The van der Waals surface area contributed by atoms with Crippen LogP contribution in [-0.4, -0.2) is 45.3 Å². The first-order valence-corrected chi connectivity index (χ1v) is 9.99. The molecule has 2 aliphatic rings. The number of anilines is 1. The van der Waals surface area contributed by atoms with Crippen LogP contribution in [0.1, 0.15) is 51.4 Å². The zero-order valence-electron chi connectivity index (χ0n) is 15.4. The van der Waals surface area contributed by atoms with Crippen LogP contribution in [0.4, 0.5) is 5.82 Å². The van der Waals surface area contributed by atoms with Gasteiger partial charge < -0.3 is 10.2 Å². The van der Waals surface area contributed by atoms with Crippen molar-refractivity contribution >= 4 is 22.8 Å². The maximum atomic E-state index is 12.1. The quantitative estimate of drug-likeness (QED) is 0.861. The van der Waals surface area contributed by atoms with E-state index in [4.69, 9.17) is 0 Å². The van der Waals surface area contributed by atoms with Gasteiger partial charge in [0.1, 0.15) is 12.1 Å². The first kappa shape index (κ1) is 17.2. The van der Waals surface area contributed by atoms with Gasteiger partial charge in [-0.3, -0.25) is 4.79 Å². The molecule has 0 bridgehead atoms. The van der Waals surface area contributed by atoms with Gasteiger partial charge in [0.2, 0.25) is 5.91 Å². The lowest BCUT2D eigenvalue weighted by atomic mass is 10.0. The number of carbonyl (C=O) groups excluding carboxylic acids is 1. The summed E-state index contributed by atoms with van der Waals surface area (Å²) in [5, 5.41) is 8.53. The molecule has 0 aromatic carbocycles. The van der Waals surface area contributed by atoms with Crippen LogP contribution in [0.15, 0.2) is 12.5 Å². The molecule has 2 aromatic rings. The van der Waals surface area contributed by atoms with Crippen molar-refractivity contribution in [1.82, 2.24) is 25.1 Å². The van der Waals surface area contributed by atoms with Crippen LogP contribution >= 0.6 is 0 Å². The summed E-state index contributed by atoms with van der Waals surface area (Å²) >= 11 is 0. The number of aromatic nitrogens is 4. The molecule has 3 heterocycles. The van der Waals surface area contributed by atoms with Gasteiger partial charge in [-0.2, -0.15) is 5.10 Å². The summed E-state index contributed by atoms with van der Waals surface area (Å²) in [6, 6.07) is 0. The van der Waals surface area contributed by atoms with Crippen molar-refractivity contribution in [2.24, 2.45) is 5.92 Å². The second-order valence-electron chi connectivity index (χ2n) is 7.55. The van der Waals surface area contributed by atoms with Crippen LogP contribution in [0.3, 0.4) is 0 Å². The summed E-state index contributed by atoms with van der Waals surface area (Å²) < 4.78 is 1.88. The van der Waals surface area contributed by atoms with Crippen molar-refractivity contribution in [2.75, 3.05) is 24.5 Å². The number of hydrogen-bond acceptors (Lipinski definition) is 5. The average Bonchev–Trinajstić information content (AvgIpc) is 3.32. The van der Waals surface area contributed by atoms with E-state index in [9.17, 15) is 4.79 Å². The van der Waals surface area contributed by atoms with Crippen LogP contribution in [0.5, 0.6) is 0 Å². The highest BCUT2D eigenvalue weighted by molar-refractivity contribution is 5.86. The first-order chi connectivity index (χ1) is 12.8. The first-order valence-electron chi connectivity index (χ1n) is 9.99. The predicted octanol–water partition coefficient (Wildman–Crippen LogP) is 2.51. The Morgan fingerprint density at radius 1 is 1.12 bits per heavy atom. The van der Waals surface area contributed by atoms with Gasteiger partial charge in [0, 0.05) is 26.1 Å². The molecule has 1 aliphatic carbocycles. The molecule has 2 aromatic heterocycles. The molecule has 0 radical (unpaired) electrons. The molecule has 0 unspecified atom stereocenters. The highest BCUT2D eigenvalue weighted by Gasteiger charge is 2.19. The summed E-state index contributed by atoms with van der Waals surface area (Å²) in [4.78, 5) is 23.3. The van der Waals surface area contributed by atoms with Gasteiger partial charge in [0.05, 0.1) is 18.1 Å². The van der Waals surface area contributed by atoms with Crippen molar-refractivity contribution in [1.29, 1.82) is 0 Å². The number of piperidine rings is 1. The maximum Gasteiger partial charge on any atom is 0.220 e. The standard InChI is InChI=1S/C19H28N6O/c26-17(12-15-6-2-3-7-15)20-8-11-25-19-16(13-23-25)18(21-14-22-19)24-9-4-1-5-10-24/h13-15H,1-12H2,(H,20,26). The molecule has 1 saturated heterocycles. The van der Waals surface area contributed by atoms with Crippen LogP contribution in [0, 0.1) is 5.92 Å². The Morgan fingerprint density at radius 3 is 2.73 bits per heavy atom. The molecule has 26 heavy (non-hydrogen) atoms. The number of carbonyl (C=O) groups is 1. The second kappa shape index (κ2) is 8.01. The van der Waals surface area contributed by atoms with Gasteiger partial charge in [0.25, 0.3) is 0 Å². The van der Waals surface area contributed by atoms with E-state index in [0.717, 1.165) is 29.9 Å². The third-order valence-electron chi connectivity index (χ3n) is 5.66. The Kier molecular flexibility index (Phi) is 5.32. The molecule has 0 atom stereocenters. The number of nitrogens with zero attached hydrogens (tertiary/aromatic N) is 5.